The Kier molecular flexibility index (Phi) is 5.66. The molecule has 12 heavy (non-hydrogen) atoms. The normalized spacial score (nSPS) is 13.1. The maximum Gasteiger partial charge on any atom is 0.234 e. The summed E-state index contributed by atoms with van der Waals surface area (Å²) in [5.41, 5.74) is 0. The predicted molar refractivity (Wildman–Crippen MR) is 47.8 cm³/mol. The molecular formula is C8H18N2O2. The highest BCUT2D eigenvalue weighted by atomic mass is 16.3. The van der Waals surface area contributed by atoms with Crippen LogP contribution in [-0.4, -0.2) is 36.2 Å². The number of aliphatic hydroxyl groups is 1. The summed E-state index contributed by atoms with van der Waals surface area (Å²) in [4.78, 5) is 11.0. The van der Waals surface area contributed by atoms with Crippen molar-refractivity contribution in [1.29, 1.82) is 0 Å². The van der Waals surface area contributed by atoms with Crippen molar-refractivity contribution in [2.24, 2.45) is 0 Å². The summed E-state index contributed by atoms with van der Waals surface area (Å²) in [7, 11) is 0. The Morgan fingerprint density at radius 3 is 2.42 bits per heavy atom. The fourth-order valence-corrected chi connectivity index (χ4v) is 0.704. The molecule has 0 saturated heterocycles. The number of amides is 1. The van der Waals surface area contributed by atoms with E-state index in [-0.39, 0.29) is 31.1 Å². The van der Waals surface area contributed by atoms with E-state index in [2.05, 4.69) is 10.6 Å². The molecule has 1 amide bonds. The molecule has 0 spiro atoms. The van der Waals surface area contributed by atoms with Crippen molar-refractivity contribution in [3.63, 3.8) is 0 Å². The van der Waals surface area contributed by atoms with Gasteiger partial charge in [0.05, 0.1) is 13.2 Å². The van der Waals surface area contributed by atoms with Crippen molar-refractivity contribution >= 4 is 5.91 Å². The van der Waals surface area contributed by atoms with Crippen LogP contribution < -0.4 is 10.6 Å². The summed E-state index contributed by atoms with van der Waals surface area (Å²) in [6.45, 7) is 5.96. The molecule has 4 nitrogen and oxygen atoms in total. The van der Waals surface area contributed by atoms with Crippen LogP contribution in [0.5, 0.6) is 0 Å². The minimum Gasteiger partial charge on any atom is -0.395 e. The first-order chi connectivity index (χ1) is 5.56. The first kappa shape index (κ1) is 11.4. The van der Waals surface area contributed by atoms with Crippen LogP contribution in [0.1, 0.15) is 20.8 Å². The first-order valence-electron chi connectivity index (χ1n) is 4.20. The fourth-order valence-electron chi connectivity index (χ4n) is 0.704. The van der Waals surface area contributed by atoms with E-state index in [1.165, 1.54) is 0 Å². The van der Waals surface area contributed by atoms with Gasteiger partial charge in [0, 0.05) is 12.1 Å². The van der Waals surface area contributed by atoms with Gasteiger partial charge in [-0.15, -0.1) is 0 Å². The van der Waals surface area contributed by atoms with Gasteiger partial charge >= 0.3 is 0 Å². The average molecular weight is 174 g/mol. The molecule has 4 heteroatoms. The van der Waals surface area contributed by atoms with Crippen molar-refractivity contribution < 1.29 is 9.90 Å². The molecule has 0 fully saturated rings. The van der Waals surface area contributed by atoms with Crippen LogP contribution in [0.4, 0.5) is 0 Å². The van der Waals surface area contributed by atoms with Gasteiger partial charge in [0.25, 0.3) is 0 Å². The van der Waals surface area contributed by atoms with E-state index in [0.717, 1.165) is 0 Å². The van der Waals surface area contributed by atoms with E-state index >= 15 is 0 Å². The maximum absolute atomic E-state index is 11.0. The third-order valence-electron chi connectivity index (χ3n) is 1.33. The summed E-state index contributed by atoms with van der Waals surface area (Å²) >= 11 is 0. The summed E-state index contributed by atoms with van der Waals surface area (Å²) in [6.07, 6.45) is 0. The van der Waals surface area contributed by atoms with Gasteiger partial charge in [0.2, 0.25) is 5.91 Å². The molecule has 0 radical (unpaired) electrons. The zero-order chi connectivity index (χ0) is 9.56. The molecule has 1 unspecified atom stereocenters. The van der Waals surface area contributed by atoms with Crippen LogP contribution in [0.15, 0.2) is 0 Å². The van der Waals surface area contributed by atoms with Gasteiger partial charge in [-0.2, -0.15) is 0 Å². The molecule has 0 aliphatic rings. The van der Waals surface area contributed by atoms with Crippen molar-refractivity contribution in [2.45, 2.75) is 32.9 Å². The lowest BCUT2D eigenvalue weighted by atomic mass is 10.3. The van der Waals surface area contributed by atoms with Crippen LogP contribution >= 0.6 is 0 Å². The summed E-state index contributed by atoms with van der Waals surface area (Å²) in [6, 6.07) is 0.145. The van der Waals surface area contributed by atoms with E-state index in [1.807, 2.05) is 20.8 Å². The van der Waals surface area contributed by atoms with E-state index in [0.29, 0.717) is 0 Å². The van der Waals surface area contributed by atoms with Crippen LogP contribution in [-0.2, 0) is 4.79 Å². The van der Waals surface area contributed by atoms with Crippen molar-refractivity contribution in [3.8, 4) is 0 Å². The molecular weight excluding hydrogens is 156 g/mol. The van der Waals surface area contributed by atoms with E-state index < -0.39 is 0 Å². The van der Waals surface area contributed by atoms with Crippen molar-refractivity contribution in [2.75, 3.05) is 13.2 Å². The van der Waals surface area contributed by atoms with Crippen LogP contribution in [0.25, 0.3) is 0 Å². The number of hydrogen-bond donors (Lipinski definition) is 3. The molecule has 0 aliphatic heterocycles. The molecule has 0 aromatic rings. The lowest BCUT2D eigenvalue weighted by Gasteiger charge is -2.12. The number of aliphatic hydroxyl groups excluding tert-OH is 1. The minimum absolute atomic E-state index is 0.0251. The van der Waals surface area contributed by atoms with Gasteiger partial charge < -0.3 is 15.7 Å². The number of nitrogens with one attached hydrogen (secondary N) is 2. The molecule has 0 aromatic heterocycles. The average Bonchev–Trinajstić information content (AvgIpc) is 1.99. The third kappa shape index (κ3) is 6.12. The molecule has 0 aliphatic carbocycles. The van der Waals surface area contributed by atoms with E-state index in [4.69, 9.17) is 5.11 Å². The first-order valence-corrected chi connectivity index (χ1v) is 4.20. The van der Waals surface area contributed by atoms with Gasteiger partial charge in [-0.25, -0.2) is 0 Å². The molecule has 3 N–H and O–H groups in total. The predicted octanol–water partition coefficient (Wildman–Crippen LogP) is -0.519. The zero-order valence-electron chi connectivity index (χ0n) is 7.92. The molecule has 0 bridgehead atoms. The van der Waals surface area contributed by atoms with Gasteiger partial charge in [-0.05, 0) is 20.8 Å². The highest BCUT2D eigenvalue weighted by Crippen LogP contribution is 1.79. The quantitative estimate of drug-likeness (QED) is 0.525. The van der Waals surface area contributed by atoms with Gasteiger partial charge in [0.1, 0.15) is 0 Å². The highest BCUT2D eigenvalue weighted by Gasteiger charge is 2.04. The number of rotatable bonds is 5. The van der Waals surface area contributed by atoms with Crippen molar-refractivity contribution in [1.82, 2.24) is 10.6 Å². The highest BCUT2D eigenvalue weighted by molar-refractivity contribution is 5.78. The zero-order valence-corrected chi connectivity index (χ0v) is 7.92. The number of carbonyl (C=O) groups excluding carboxylic acids is 1. The monoisotopic (exact) mass is 174 g/mol. The smallest absolute Gasteiger partial charge is 0.234 e. The Bertz CT molecular complexity index is 137. The molecule has 1 atom stereocenters. The van der Waals surface area contributed by atoms with Gasteiger partial charge in [0.15, 0.2) is 0 Å². The van der Waals surface area contributed by atoms with Gasteiger partial charge in [-0.1, -0.05) is 0 Å². The lowest BCUT2D eigenvalue weighted by molar-refractivity contribution is -0.120. The second-order valence-corrected chi connectivity index (χ2v) is 3.19. The van der Waals surface area contributed by atoms with Gasteiger partial charge in [-0.3, -0.25) is 4.79 Å². The van der Waals surface area contributed by atoms with E-state index in [9.17, 15) is 4.79 Å². The Hall–Kier alpha value is -0.610. The maximum atomic E-state index is 11.0. The Morgan fingerprint density at radius 1 is 1.42 bits per heavy atom. The van der Waals surface area contributed by atoms with E-state index in [1.54, 1.807) is 0 Å². The Labute approximate surface area is 73.3 Å². The fraction of sp³-hybridized carbons (Fsp3) is 0.875. The molecule has 0 rings (SSSR count). The third-order valence-corrected chi connectivity index (χ3v) is 1.33. The molecule has 72 valence electrons. The minimum atomic E-state index is -0.0368. The van der Waals surface area contributed by atoms with Crippen molar-refractivity contribution in [3.05, 3.63) is 0 Å². The molecule has 0 heterocycles. The van der Waals surface area contributed by atoms with Crippen LogP contribution in [0.2, 0.25) is 0 Å². The Balaban J connectivity index is 3.44. The molecule has 0 aromatic carbocycles. The summed E-state index contributed by atoms with van der Waals surface area (Å²) in [5.74, 6) is -0.0368. The number of carbonyl (C=O) groups is 1. The van der Waals surface area contributed by atoms with Crippen LogP contribution in [0, 0.1) is 0 Å². The standard InChI is InChI=1S/C8H18N2O2/c1-6(2)10-8(12)4-9-7(3)5-11/h6-7,9,11H,4-5H2,1-3H3,(H,10,12). The Morgan fingerprint density at radius 2 is 2.00 bits per heavy atom. The second kappa shape index (κ2) is 5.97. The largest absolute Gasteiger partial charge is 0.395 e. The number of hydrogen-bond acceptors (Lipinski definition) is 3. The van der Waals surface area contributed by atoms with Crippen LogP contribution in [0.3, 0.4) is 0 Å². The lowest BCUT2D eigenvalue weighted by Crippen LogP contribution is -2.41. The SMILES string of the molecule is CC(C)NC(=O)CNC(C)CO. The summed E-state index contributed by atoms with van der Waals surface area (Å²) < 4.78 is 0. The summed E-state index contributed by atoms with van der Waals surface area (Å²) in [5, 5.41) is 14.2. The topological polar surface area (TPSA) is 61.4 Å². The second-order valence-electron chi connectivity index (χ2n) is 3.19. The molecule has 0 saturated carbocycles.